The molecule has 1 amide bonds. The van der Waals surface area contributed by atoms with Gasteiger partial charge in [0.25, 0.3) is 5.91 Å². The van der Waals surface area contributed by atoms with Crippen LogP contribution in [0.5, 0.6) is 0 Å². The van der Waals surface area contributed by atoms with Crippen LogP contribution in [0.1, 0.15) is 15.9 Å². The average molecular weight is 304 g/mol. The van der Waals surface area contributed by atoms with E-state index in [1.165, 1.54) is 0 Å². The van der Waals surface area contributed by atoms with E-state index in [-0.39, 0.29) is 5.91 Å². The van der Waals surface area contributed by atoms with E-state index in [0.717, 1.165) is 11.8 Å². The molecule has 2 aromatic rings. The molecule has 0 aliphatic carbocycles. The molecule has 2 rings (SSSR count). The highest BCUT2D eigenvalue weighted by atomic mass is 32.2. The zero-order valence-corrected chi connectivity index (χ0v) is 12.6. The van der Waals surface area contributed by atoms with Crippen LogP contribution in [-0.4, -0.2) is 20.6 Å². The van der Waals surface area contributed by atoms with Crippen LogP contribution in [0.25, 0.3) is 0 Å². The molecule has 5 nitrogen and oxygen atoms in total. The third-order valence-electron chi connectivity index (χ3n) is 2.82. The Balaban J connectivity index is 2.16. The Hall–Kier alpha value is -2.34. The van der Waals surface area contributed by atoms with Gasteiger partial charge < -0.3 is 5.32 Å². The van der Waals surface area contributed by atoms with E-state index in [1.807, 2.05) is 6.07 Å². The molecule has 0 bridgehead atoms. The molecule has 2 N–H and O–H groups in total. The quantitative estimate of drug-likeness (QED) is 0.911. The topological polar surface area (TPSA) is 75.3 Å². The molecule has 0 saturated carbocycles. The van der Waals surface area contributed by atoms with Crippen molar-refractivity contribution in [3.05, 3.63) is 59.7 Å². The summed E-state index contributed by atoms with van der Waals surface area (Å²) in [6.45, 7) is 1.77. The van der Waals surface area contributed by atoms with E-state index in [4.69, 9.17) is 0 Å². The Morgan fingerprint density at radius 1 is 1.05 bits per heavy atom. The summed E-state index contributed by atoms with van der Waals surface area (Å²) in [5.74, 6) is -0.209. The number of carbonyl (C=O) groups is 1. The van der Waals surface area contributed by atoms with Gasteiger partial charge in [0, 0.05) is 11.3 Å². The lowest BCUT2D eigenvalue weighted by Gasteiger charge is -2.10. The molecule has 0 fully saturated rings. The van der Waals surface area contributed by atoms with E-state index in [1.54, 1.807) is 49.4 Å². The maximum Gasteiger partial charge on any atom is 0.255 e. The predicted octanol–water partition coefficient (Wildman–Crippen LogP) is 2.62. The fraction of sp³-hybridized carbons (Fsp3) is 0.133. The van der Waals surface area contributed by atoms with Gasteiger partial charge in [0.15, 0.2) is 0 Å². The highest BCUT2D eigenvalue weighted by Crippen LogP contribution is 2.21. The number of carbonyl (C=O) groups excluding carboxylic acids is 1. The van der Waals surface area contributed by atoms with Crippen molar-refractivity contribution in [3.8, 4) is 0 Å². The lowest BCUT2D eigenvalue weighted by Crippen LogP contribution is -2.13. The molecule has 6 heteroatoms. The number of anilines is 2. The number of hydrogen-bond acceptors (Lipinski definition) is 3. The summed E-state index contributed by atoms with van der Waals surface area (Å²) in [5.41, 5.74) is 2.40. The minimum absolute atomic E-state index is 0.209. The second kappa shape index (κ2) is 5.97. The van der Waals surface area contributed by atoms with Crippen LogP contribution in [0.3, 0.4) is 0 Å². The molecule has 0 spiro atoms. The van der Waals surface area contributed by atoms with E-state index in [2.05, 4.69) is 10.0 Å². The first-order valence-electron chi connectivity index (χ1n) is 6.30. The van der Waals surface area contributed by atoms with Crippen molar-refractivity contribution in [2.45, 2.75) is 6.92 Å². The highest BCUT2D eigenvalue weighted by Gasteiger charge is 2.08. The van der Waals surface area contributed by atoms with Crippen LogP contribution in [0.4, 0.5) is 11.4 Å². The van der Waals surface area contributed by atoms with Crippen LogP contribution in [0.15, 0.2) is 48.5 Å². The number of hydrogen-bond donors (Lipinski definition) is 2. The first-order chi connectivity index (χ1) is 9.85. The minimum atomic E-state index is -3.32. The summed E-state index contributed by atoms with van der Waals surface area (Å²) in [5, 5.41) is 2.77. The van der Waals surface area contributed by atoms with Gasteiger partial charge >= 0.3 is 0 Å². The molecule has 2 aromatic carbocycles. The van der Waals surface area contributed by atoms with Crippen molar-refractivity contribution in [1.82, 2.24) is 0 Å². The van der Waals surface area contributed by atoms with Crippen LogP contribution in [0.2, 0.25) is 0 Å². The summed E-state index contributed by atoms with van der Waals surface area (Å²) in [6, 6.07) is 13.9. The molecule has 0 unspecified atom stereocenters. The third-order valence-corrected chi connectivity index (χ3v) is 3.41. The summed E-state index contributed by atoms with van der Waals surface area (Å²) < 4.78 is 24.9. The standard InChI is InChI=1S/C15H16N2O3S/c1-11-10-13(8-9-14(11)17-21(2,19)20)16-15(18)12-6-4-3-5-7-12/h3-10,17H,1-2H3,(H,16,18). The maximum atomic E-state index is 12.0. The van der Waals surface area contributed by atoms with Gasteiger partial charge in [-0.05, 0) is 42.8 Å². The number of rotatable bonds is 4. The molecule has 0 radical (unpaired) electrons. The van der Waals surface area contributed by atoms with Crippen molar-refractivity contribution in [1.29, 1.82) is 0 Å². The summed E-state index contributed by atoms with van der Waals surface area (Å²) in [6.07, 6.45) is 1.09. The van der Waals surface area contributed by atoms with Gasteiger partial charge in [-0.15, -0.1) is 0 Å². The lowest BCUT2D eigenvalue weighted by atomic mass is 10.1. The SMILES string of the molecule is Cc1cc(NC(=O)c2ccccc2)ccc1NS(C)(=O)=O. The summed E-state index contributed by atoms with van der Waals surface area (Å²) >= 11 is 0. The number of aryl methyl sites for hydroxylation is 1. The number of benzene rings is 2. The van der Waals surface area contributed by atoms with Crippen molar-refractivity contribution >= 4 is 27.3 Å². The summed E-state index contributed by atoms with van der Waals surface area (Å²) in [7, 11) is -3.32. The molecule has 0 aliphatic rings. The molecular formula is C15H16N2O3S. The van der Waals surface area contributed by atoms with Gasteiger partial charge in [-0.2, -0.15) is 0 Å². The Labute approximate surface area is 124 Å². The molecule has 0 atom stereocenters. The second-order valence-electron chi connectivity index (χ2n) is 4.72. The van der Waals surface area contributed by atoms with Crippen LogP contribution >= 0.6 is 0 Å². The lowest BCUT2D eigenvalue weighted by molar-refractivity contribution is 0.102. The van der Waals surface area contributed by atoms with Gasteiger partial charge in [-0.1, -0.05) is 18.2 Å². The number of nitrogens with one attached hydrogen (secondary N) is 2. The van der Waals surface area contributed by atoms with Crippen molar-refractivity contribution in [2.24, 2.45) is 0 Å². The van der Waals surface area contributed by atoms with E-state index < -0.39 is 10.0 Å². The molecule has 0 heterocycles. The van der Waals surface area contributed by atoms with Gasteiger partial charge in [0.05, 0.1) is 11.9 Å². The van der Waals surface area contributed by atoms with E-state index in [9.17, 15) is 13.2 Å². The average Bonchev–Trinajstić information content (AvgIpc) is 2.41. The maximum absolute atomic E-state index is 12.0. The minimum Gasteiger partial charge on any atom is -0.322 e. The Morgan fingerprint density at radius 3 is 2.29 bits per heavy atom. The van der Waals surface area contributed by atoms with Gasteiger partial charge in [-0.25, -0.2) is 8.42 Å². The van der Waals surface area contributed by atoms with Gasteiger partial charge in [0.1, 0.15) is 0 Å². The largest absolute Gasteiger partial charge is 0.322 e. The molecule has 0 aromatic heterocycles. The highest BCUT2D eigenvalue weighted by molar-refractivity contribution is 7.92. The van der Waals surface area contributed by atoms with Crippen molar-refractivity contribution in [2.75, 3.05) is 16.3 Å². The predicted molar refractivity (Wildman–Crippen MR) is 84.0 cm³/mol. The van der Waals surface area contributed by atoms with Crippen molar-refractivity contribution < 1.29 is 13.2 Å². The molecular weight excluding hydrogens is 288 g/mol. The monoisotopic (exact) mass is 304 g/mol. The smallest absolute Gasteiger partial charge is 0.255 e. The van der Waals surface area contributed by atoms with Gasteiger partial charge in [0.2, 0.25) is 10.0 Å². The third kappa shape index (κ3) is 4.32. The normalized spacial score (nSPS) is 11.0. The molecule has 110 valence electrons. The first kappa shape index (κ1) is 15.1. The van der Waals surface area contributed by atoms with Crippen LogP contribution in [0, 0.1) is 6.92 Å². The van der Waals surface area contributed by atoms with Crippen LogP contribution < -0.4 is 10.0 Å². The number of amides is 1. The fourth-order valence-electron chi connectivity index (χ4n) is 1.85. The fourth-order valence-corrected chi connectivity index (χ4v) is 2.48. The van der Waals surface area contributed by atoms with Gasteiger partial charge in [-0.3, -0.25) is 9.52 Å². The Kier molecular flexibility index (Phi) is 4.28. The molecule has 0 saturated heterocycles. The molecule has 21 heavy (non-hydrogen) atoms. The number of sulfonamides is 1. The second-order valence-corrected chi connectivity index (χ2v) is 6.47. The zero-order chi connectivity index (χ0) is 15.5. The Bertz CT molecular complexity index is 756. The first-order valence-corrected chi connectivity index (χ1v) is 8.19. The van der Waals surface area contributed by atoms with Crippen molar-refractivity contribution in [3.63, 3.8) is 0 Å². The van der Waals surface area contributed by atoms with E-state index >= 15 is 0 Å². The summed E-state index contributed by atoms with van der Waals surface area (Å²) in [4.78, 5) is 12.0. The van der Waals surface area contributed by atoms with E-state index in [0.29, 0.717) is 16.9 Å². The molecule has 0 aliphatic heterocycles. The van der Waals surface area contributed by atoms with Crippen LogP contribution in [-0.2, 0) is 10.0 Å². The zero-order valence-electron chi connectivity index (χ0n) is 11.8. The Morgan fingerprint density at radius 2 is 1.71 bits per heavy atom.